The van der Waals surface area contributed by atoms with Gasteiger partial charge in [-0.2, -0.15) is 5.10 Å². The van der Waals surface area contributed by atoms with E-state index in [9.17, 15) is 4.79 Å². The van der Waals surface area contributed by atoms with E-state index in [1.807, 2.05) is 48.2 Å². The quantitative estimate of drug-likeness (QED) is 0.710. The molecule has 3 aromatic rings. The molecule has 126 valence electrons. The number of fused-ring (bicyclic) bond motifs is 1. The molecule has 1 aromatic carbocycles. The Morgan fingerprint density at radius 1 is 0.960 bits per heavy atom. The van der Waals surface area contributed by atoms with E-state index in [-0.39, 0.29) is 5.91 Å². The molecule has 25 heavy (non-hydrogen) atoms. The largest absolute Gasteiger partial charge is 0.352 e. The molecule has 0 N–H and O–H groups in total. The molecule has 0 unspecified atom stereocenters. The molecule has 1 aliphatic rings. The Morgan fingerprint density at radius 2 is 1.72 bits per heavy atom. The molecule has 2 aromatic heterocycles. The number of piperazine rings is 1. The van der Waals surface area contributed by atoms with Crippen molar-refractivity contribution in [3.8, 4) is 0 Å². The molecule has 1 aliphatic heterocycles. The maximum absolute atomic E-state index is 12.7. The van der Waals surface area contributed by atoms with Crippen molar-refractivity contribution in [2.75, 3.05) is 31.1 Å². The second-order valence-corrected chi connectivity index (χ2v) is 6.06. The summed E-state index contributed by atoms with van der Waals surface area (Å²) in [4.78, 5) is 25.4. The Hall–Kier alpha value is -3.09. The van der Waals surface area contributed by atoms with Crippen molar-refractivity contribution in [1.82, 2.24) is 25.1 Å². The minimum absolute atomic E-state index is 0.0760. The zero-order valence-electron chi connectivity index (χ0n) is 14.0. The van der Waals surface area contributed by atoms with E-state index in [1.165, 1.54) is 0 Å². The molecule has 7 heteroatoms. The van der Waals surface area contributed by atoms with E-state index in [1.54, 1.807) is 6.20 Å². The van der Waals surface area contributed by atoms with E-state index in [0.717, 1.165) is 35.6 Å². The molecule has 0 atom stereocenters. The van der Waals surface area contributed by atoms with Gasteiger partial charge in [-0.1, -0.05) is 12.1 Å². The summed E-state index contributed by atoms with van der Waals surface area (Å²) in [7, 11) is 0. The van der Waals surface area contributed by atoms with Gasteiger partial charge in [0.2, 0.25) is 0 Å². The van der Waals surface area contributed by atoms with Crippen LogP contribution in [-0.2, 0) is 0 Å². The van der Waals surface area contributed by atoms with Gasteiger partial charge in [-0.15, -0.1) is 5.10 Å². The summed E-state index contributed by atoms with van der Waals surface area (Å²) < 4.78 is 0. The first kappa shape index (κ1) is 15.4. The van der Waals surface area contributed by atoms with Crippen molar-refractivity contribution in [1.29, 1.82) is 0 Å². The van der Waals surface area contributed by atoms with Crippen LogP contribution in [0.2, 0.25) is 0 Å². The predicted octanol–water partition coefficient (Wildman–Crippen LogP) is 1.69. The lowest BCUT2D eigenvalue weighted by atomic mass is 10.2. The topological polar surface area (TPSA) is 75.1 Å². The number of rotatable bonds is 2. The average Bonchev–Trinajstić information content (AvgIpc) is 2.68. The zero-order chi connectivity index (χ0) is 17.2. The second-order valence-electron chi connectivity index (χ2n) is 6.06. The van der Waals surface area contributed by atoms with Gasteiger partial charge in [-0.05, 0) is 31.2 Å². The van der Waals surface area contributed by atoms with E-state index in [2.05, 4.69) is 25.1 Å². The number of nitrogens with zero attached hydrogens (tertiary/aromatic N) is 6. The number of para-hydroxylation sites is 2. The first-order valence-electron chi connectivity index (χ1n) is 8.27. The monoisotopic (exact) mass is 334 g/mol. The zero-order valence-corrected chi connectivity index (χ0v) is 14.0. The highest BCUT2D eigenvalue weighted by molar-refractivity contribution is 5.94. The summed E-state index contributed by atoms with van der Waals surface area (Å²) in [6.07, 6.45) is 1.56. The predicted molar refractivity (Wildman–Crippen MR) is 94.4 cm³/mol. The summed E-state index contributed by atoms with van der Waals surface area (Å²) in [5.74, 6) is 0.774. The molecule has 0 saturated carbocycles. The van der Waals surface area contributed by atoms with Crippen LogP contribution in [-0.4, -0.2) is 57.2 Å². The summed E-state index contributed by atoms with van der Waals surface area (Å²) in [5.41, 5.74) is 2.82. The van der Waals surface area contributed by atoms with Gasteiger partial charge in [-0.25, -0.2) is 4.98 Å². The Morgan fingerprint density at radius 3 is 2.44 bits per heavy atom. The third-order valence-corrected chi connectivity index (χ3v) is 4.34. The summed E-state index contributed by atoms with van der Waals surface area (Å²) in [5, 5.41) is 8.31. The van der Waals surface area contributed by atoms with Crippen LogP contribution < -0.4 is 4.90 Å². The Kier molecular flexibility index (Phi) is 3.97. The molecule has 4 rings (SSSR count). The number of carbonyl (C=O) groups is 1. The summed E-state index contributed by atoms with van der Waals surface area (Å²) >= 11 is 0. The lowest BCUT2D eigenvalue weighted by Gasteiger charge is -2.34. The van der Waals surface area contributed by atoms with Crippen molar-refractivity contribution >= 4 is 22.8 Å². The fraction of sp³-hybridized carbons (Fsp3) is 0.278. The van der Waals surface area contributed by atoms with Crippen molar-refractivity contribution in [2.45, 2.75) is 6.92 Å². The molecule has 0 spiro atoms. The first-order chi connectivity index (χ1) is 12.2. The molecule has 7 nitrogen and oxygen atoms in total. The van der Waals surface area contributed by atoms with E-state index >= 15 is 0 Å². The van der Waals surface area contributed by atoms with Gasteiger partial charge in [0.05, 0.1) is 22.9 Å². The molecule has 0 bridgehead atoms. The number of aromatic nitrogens is 4. The minimum Gasteiger partial charge on any atom is -0.352 e. The average molecular weight is 334 g/mol. The van der Waals surface area contributed by atoms with Crippen molar-refractivity contribution in [3.05, 3.63) is 54.0 Å². The SMILES string of the molecule is Cc1ccc(N2CCN(C(=O)c3cnc4ccccc4n3)CC2)nn1. The number of hydrogen-bond acceptors (Lipinski definition) is 6. The third-order valence-electron chi connectivity index (χ3n) is 4.34. The number of hydrogen-bond donors (Lipinski definition) is 0. The highest BCUT2D eigenvalue weighted by Gasteiger charge is 2.24. The van der Waals surface area contributed by atoms with Crippen LogP contribution in [0.5, 0.6) is 0 Å². The maximum atomic E-state index is 12.7. The fourth-order valence-corrected chi connectivity index (χ4v) is 2.92. The normalized spacial score (nSPS) is 14.8. The number of carbonyl (C=O) groups excluding carboxylic acids is 1. The Balaban J connectivity index is 1.46. The molecular weight excluding hydrogens is 316 g/mol. The molecule has 1 amide bonds. The van der Waals surface area contributed by atoms with Gasteiger partial charge in [0.1, 0.15) is 5.69 Å². The maximum Gasteiger partial charge on any atom is 0.274 e. The van der Waals surface area contributed by atoms with Crippen LogP contribution in [0, 0.1) is 6.92 Å². The molecule has 0 radical (unpaired) electrons. The van der Waals surface area contributed by atoms with E-state index in [0.29, 0.717) is 18.8 Å². The van der Waals surface area contributed by atoms with Gasteiger partial charge >= 0.3 is 0 Å². The number of amides is 1. The van der Waals surface area contributed by atoms with Crippen molar-refractivity contribution < 1.29 is 4.79 Å². The van der Waals surface area contributed by atoms with Gasteiger partial charge < -0.3 is 9.80 Å². The van der Waals surface area contributed by atoms with Crippen LogP contribution in [0.1, 0.15) is 16.2 Å². The number of anilines is 1. The third kappa shape index (κ3) is 3.13. The van der Waals surface area contributed by atoms with Gasteiger partial charge in [0, 0.05) is 26.2 Å². The van der Waals surface area contributed by atoms with Crippen molar-refractivity contribution in [2.24, 2.45) is 0 Å². The van der Waals surface area contributed by atoms with Crippen LogP contribution in [0.25, 0.3) is 11.0 Å². The van der Waals surface area contributed by atoms with Crippen LogP contribution >= 0.6 is 0 Å². The molecular formula is C18H18N6O. The number of benzene rings is 1. The summed E-state index contributed by atoms with van der Waals surface area (Å²) in [6, 6.07) is 11.5. The molecule has 1 saturated heterocycles. The molecule has 0 aliphatic carbocycles. The van der Waals surface area contributed by atoms with Crippen molar-refractivity contribution in [3.63, 3.8) is 0 Å². The highest BCUT2D eigenvalue weighted by atomic mass is 16.2. The van der Waals surface area contributed by atoms with Gasteiger partial charge in [0.15, 0.2) is 5.82 Å². The Labute approximate surface area is 145 Å². The standard InChI is InChI=1S/C18H18N6O/c1-13-6-7-17(22-21-13)23-8-10-24(11-9-23)18(25)16-12-19-14-4-2-3-5-15(14)20-16/h2-7,12H,8-11H2,1H3. The van der Waals surface area contributed by atoms with Gasteiger partial charge in [0.25, 0.3) is 5.91 Å². The van der Waals surface area contributed by atoms with Gasteiger partial charge in [-0.3, -0.25) is 9.78 Å². The Bertz CT molecular complexity index is 903. The summed E-state index contributed by atoms with van der Waals surface area (Å²) in [6.45, 7) is 4.62. The van der Waals surface area contributed by atoms with Crippen LogP contribution in [0.15, 0.2) is 42.6 Å². The molecule has 1 fully saturated rings. The molecule has 3 heterocycles. The fourth-order valence-electron chi connectivity index (χ4n) is 2.92. The second kappa shape index (κ2) is 6.43. The lowest BCUT2D eigenvalue weighted by Crippen LogP contribution is -2.49. The number of aryl methyl sites for hydroxylation is 1. The van der Waals surface area contributed by atoms with E-state index in [4.69, 9.17) is 0 Å². The van der Waals surface area contributed by atoms with E-state index < -0.39 is 0 Å². The first-order valence-corrected chi connectivity index (χ1v) is 8.27. The lowest BCUT2D eigenvalue weighted by molar-refractivity contribution is 0.0740. The van der Waals surface area contributed by atoms with Crippen LogP contribution in [0.3, 0.4) is 0 Å². The minimum atomic E-state index is -0.0760. The van der Waals surface area contributed by atoms with Crippen LogP contribution in [0.4, 0.5) is 5.82 Å². The highest BCUT2D eigenvalue weighted by Crippen LogP contribution is 2.15. The smallest absolute Gasteiger partial charge is 0.274 e.